The summed E-state index contributed by atoms with van der Waals surface area (Å²) in [6.07, 6.45) is 1.05. The first kappa shape index (κ1) is 9.47. The fraction of sp³-hybridized carbons (Fsp3) is 0.875. The zero-order valence-corrected chi connectivity index (χ0v) is 7.52. The molecule has 0 radical (unpaired) electrons. The molecule has 0 aliphatic heterocycles. The van der Waals surface area contributed by atoms with Crippen LogP contribution in [0.25, 0.3) is 0 Å². The summed E-state index contributed by atoms with van der Waals surface area (Å²) in [5.41, 5.74) is 1.21. The number of hydrogen-bond acceptors (Lipinski definition) is 2. The third-order valence-electron chi connectivity index (χ3n) is 1.55. The number of rotatable bonds is 4. The molecule has 0 fully saturated rings. The molecular weight excluding hydrogens is 124 g/mol. The molecule has 0 atom stereocenters. The van der Waals surface area contributed by atoms with Gasteiger partial charge in [0, 0.05) is 18.8 Å². The van der Waals surface area contributed by atoms with Gasteiger partial charge in [0.2, 0.25) is 0 Å². The molecule has 0 saturated heterocycles. The Morgan fingerprint density at radius 3 is 2.00 bits per heavy atom. The van der Waals surface area contributed by atoms with Crippen LogP contribution in [0, 0.1) is 0 Å². The molecular formula is C8H18N2. The van der Waals surface area contributed by atoms with E-state index in [9.17, 15) is 0 Å². The molecule has 0 spiro atoms. The minimum atomic E-state index is 1.01. The van der Waals surface area contributed by atoms with Crippen molar-refractivity contribution in [3.63, 3.8) is 0 Å². The Labute approximate surface area is 63.9 Å². The van der Waals surface area contributed by atoms with E-state index in [1.807, 2.05) is 0 Å². The molecule has 60 valence electrons. The molecule has 2 nitrogen and oxygen atoms in total. The zero-order valence-electron chi connectivity index (χ0n) is 7.52. The average Bonchev–Trinajstić information content (AvgIpc) is 1.99. The van der Waals surface area contributed by atoms with Crippen molar-refractivity contribution < 1.29 is 0 Å². The first-order valence-electron chi connectivity index (χ1n) is 4.03. The van der Waals surface area contributed by atoms with Gasteiger partial charge in [0.15, 0.2) is 0 Å². The molecule has 0 aromatic carbocycles. The van der Waals surface area contributed by atoms with Crippen molar-refractivity contribution in [3.8, 4) is 0 Å². The van der Waals surface area contributed by atoms with Crippen LogP contribution in [0.3, 0.4) is 0 Å². The van der Waals surface area contributed by atoms with Crippen LogP contribution in [0.15, 0.2) is 5.10 Å². The first-order chi connectivity index (χ1) is 4.74. The molecule has 0 heterocycles. The first-order valence-corrected chi connectivity index (χ1v) is 4.03. The minimum absolute atomic E-state index is 1.01. The van der Waals surface area contributed by atoms with Gasteiger partial charge in [0.25, 0.3) is 0 Å². The van der Waals surface area contributed by atoms with E-state index in [0.29, 0.717) is 0 Å². The highest BCUT2D eigenvalue weighted by Gasteiger charge is 1.92. The third kappa shape index (κ3) is 3.49. The fourth-order valence-electron chi connectivity index (χ4n) is 0.677. The lowest BCUT2D eigenvalue weighted by molar-refractivity contribution is 0.320. The highest BCUT2D eigenvalue weighted by molar-refractivity contribution is 5.81. The van der Waals surface area contributed by atoms with Crippen molar-refractivity contribution in [2.75, 3.05) is 13.1 Å². The van der Waals surface area contributed by atoms with Gasteiger partial charge < -0.3 is 0 Å². The molecule has 0 aromatic heterocycles. The van der Waals surface area contributed by atoms with Crippen LogP contribution in [-0.4, -0.2) is 23.8 Å². The van der Waals surface area contributed by atoms with E-state index >= 15 is 0 Å². The van der Waals surface area contributed by atoms with Crippen molar-refractivity contribution in [2.24, 2.45) is 5.10 Å². The Kier molecular flexibility index (Phi) is 4.99. The molecule has 10 heavy (non-hydrogen) atoms. The summed E-state index contributed by atoms with van der Waals surface area (Å²) in [6, 6.07) is 0. The second-order valence-corrected chi connectivity index (χ2v) is 2.33. The van der Waals surface area contributed by atoms with Gasteiger partial charge in [-0.25, -0.2) is 0 Å². The van der Waals surface area contributed by atoms with Crippen molar-refractivity contribution in [3.05, 3.63) is 0 Å². The molecule has 0 bridgehead atoms. The van der Waals surface area contributed by atoms with Crippen LogP contribution in [0.2, 0.25) is 0 Å². The molecule has 0 aliphatic rings. The third-order valence-corrected chi connectivity index (χ3v) is 1.55. The van der Waals surface area contributed by atoms with Gasteiger partial charge in [-0.15, -0.1) is 0 Å². The number of hydrazone groups is 1. The van der Waals surface area contributed by atoms with Gasteiger partial charge in [0.05, 0.1) is 0 Å². The maximum Gasteiger partial charge on any atom is 0.0347 e. The second-order valence-electron chi connectivity index (χ2n) is 2.33. The van der Waals surface area contributed by atoms with Crippen molar-refractivity contribution in [1.82, 2.24) is 5.01 Å². The van der Waals surface area contributed by atoms with Crippen molar-refractivity contribution in [1.29, 1.82) is 0 Å². The van der Waals surface area contributed by atoms with Crippen molar-refractivity contribution in [2.45, 2.75) is 34.1 Å². The Bertz CT molecular complexity index is 104. The van der Waals surface area contributed by atoms with E-state index in [4.69, 9.17) is 0 Å². The largest absolute Gasteiger partial charge is 0.298 e. The Morgan fingerprint density at radius 1 is 1.20 bits per heavy atom. The van der Waals surface area contributed by atoms with Gasteiger partial charge >= 0.3 is 0 Å². The minimum Gasteiger partial charge on any atom is -0.298 e. The van der Waals surface area contributed by atoms with Gasteiger partial charge in [0.1, 0.15) is 0 Å². The van der Waals surface area contributed by atoms with E-state index in [-0.39, 0.29) is 0 Å². The van der Waals surface area contributed by atoms with Gasteiger partial charge in [-0.05, 0) is 27.2 Å². The molecule has 2 heteroatoms. The topological polar surface area (TPSA) is 15.6 Å². The Balaban J connectivity index is 3.80. The molecule has 0 N–H and O–H groups in total. The molecule has 0 aliphatic carbocycles. The van der Waals surface area contributed by atoms with Crippen LogP contribution < -0.4 is 0 Å². The monoisotopic (exact) mass is 142 g/mol. The predicted octanol–water partition coefficient (Wildman–Crippen LogP) is 2.11. The molecule has 0 aromatic rings. The van der Waals surface area contributed by atoms with E-state index < -0.39 is 0 Å². The van der Waals surface area contributed by atoms with Gasteiger partial charge in [-0.2, -0.15) is 5.10 Å². The highest BCUT2D eigenvalue weighted by atomic mass is 15.4. The normalized spacial score (nSPS) is 11.8. The molecule has 0 unspecified atom stereocenters. The van der Waals surface area contributed by atoms with Gasteiger partial charge in [-0.1, -0.05) is 6.92 Å². The van der Waals surface area contributed by atoms with Crippen LogP contribution in [0.5, 0.6) is 0 Å². The maximum absolute atomic E-state index is 4.38. The van der Waals surface area contributed by atoms with E-state index in [1.165, 1.54) is 5.71 Å². The van der Waals surface area contributed by atoms with E-state index in [0.717, 1.165) is 19.5 Å². The SMILES string of the molecule is CC/C(C)=N/N(CC)CC. The van der Waals surface area contributed by atoms with Crippen molar-refractivity contribution >= 4 is 5.71 Å². The van der Waals surface area contributed by atoms with Crippen LogP contribution >= 0.6 is 0 Å². The summed E-state index contributed by atoms with van der Waals surface area (Å²) in [5, 5.41) is 6.45. The summed E-state index contributed by atoms with van der Waals surface area (Å²) in [7, 11) is 0. The van der Waals surface area contributed by atoms with E-state index in [2.05, 4.69) is 37.8 Å². The molecule has 0 saturated carbocycles. The van der Waals surface area contributed by atoms with E-state index in [1.54, 1.807) is 0 Å². The standard InChI is InChI=1S/C8H18N2/c1-5-8(4)9-10(6-2)7-3/h5-7H2,1-4H3/b9-8+. The number of nitrogens with zero attached hydrogens (tertiary/aromatic N) is 2. The average molecular weight is 142 g/mol. The lowest BCUT2D eigenvalue weighted by Gasteiger charge is -2.14. The molecule has 0 amide bonds. The smallest absolute Gasteiger partial charge is 0.0347 e. The fourth-order valence-corrected chi connectivity index (χ4v) is 0.677. The summed E-state index contributed by atoms with van der Waals surface area (Å²) < 4.78 is 0. The summed E-state index contributed by atoms with van der Waals surface area (Å²) in [5.74, 6) is 0. The summed E-state index contributed by atoms with van der Waals surface area (Å²) >= 11 is 0. The lowest BCUT2D eigenvalue weighted by Crippen LogP contribution is -2.17. The molecule has 0 rings (SSSR count). The quantitative estimate of drug-likeness (QED) is 0.433. The maximum atomic E-state index is 4.38. The van der Waals surface area contributed by atoms with Crippen LogP contribution in [0.4, 0.5) is 0 Å². The van der Waals surface area contributed by atoms with Crippen LogP contribution in [0.1, 0.15) is 34.1 Å². The summed E-state index contributed by atoms with van der Waals surface area (Å²) in [6.45, 7) is 10.5. The predicted molar refractivity (Wildman–Crippen MR) is 46.3 cm³/mol. The number of hydrogen-bond donors (Lipinski definition) is 0. The zero-order chi connectivity index (χ0) is 7.98. The Morgan fingerprint density at radius 2 is 1.70 bits per heavy atom. The van der Waals surface area contributed by atoms with Gasteiger partial charge in [-0.3, -0.25) is 5.01 Å². The lowest BCUT2D eigenvalue weighted by atomic mass is 10.3. The summed E-state index contributed by atoms with van der Waals surface area (Å²) in [4.78, 5) is 0. The second kappa shape index (κ2) is 5.27. The Hall–Kier alpha value is -0.530. The highest BCUT2D eigenvalue weighted by Crippen LogP contribution is 1.91. The van der Waals surface area contributed by atoms with Crippen LogP contribution in [-0.2, 0) is 0 Å².